The van der Waals surface area contributed by atoms with Crippen LogP contribution in [0.4, 0.5) is 15.8 Å². The van der Waals surface area contributed by atoms with Crippen molar-refractivity contribution in [2.75, 3.05) is 38.7 Å². The molecule has 1 aromatic carbocycles. The maximum absolute atomic E-state index is 13.6. The van der Waals surface area contributed by atoms with E-state index in [1.54, 1.807) is 0 Å². The third-order valence-electron chi connectivity index (χ3n) is 3.46. The smallest absolute Gasteiger partial charge is 0.285 e. The summed E-state index contributed by atoms with van der Waals surface area (Å²) >= 11 is 0. The number of anilines is 1. The predicted molar refractivity (Wildman–Crippen MR) is 74.3 cm³/mol. The van der Waals surface area contributed by atoms with E-state index in [2.05, 4.69) is 10.3 Å². The summed E-state index contributed by atoms with van der Waals surface area (Å²) in [6, 6.07) is 1.78. The van der Waals surface area contributed by atoms with Gasteiger partial charge in [0.1, 0.15) is 5.56 Å². The fourth-order valence-corrected chi connectivity index (χ4v) is 2.18. The Labute approximate surface area is 120 Å². The molecule has 1 heterocycles. The van der Waals surface area contributed by atoms with Gasteiger partial charge >= 0.3 is 0 Å². The first-order valence-corrected chi connectivity index (χ1v) is 6.36. The Morgan fingerprint density at radius 2 is 2.00 bits per heavy atom. The molecule has 2 rings (SSSR count). The van der Waals surface area contributed by atoms with Crippen LogP contribution >= 0.6 is 0 Å². The minimum absolute atomic E-state index is 0.155. The lowest BCUT2D eigenvalue weighted by Gasteiger charge is -2.32. The Morgan fingerprint density at radius 1 is 1.38 bits per heavy atom. The van der Waals surface area contributed by atoms with Gasteiger partial charge in [-0.15, -0.1) is 0 Å². The van der Waals surface area contributed by atoms with Gasteiger partial charge in [-0.3, -0.25) is 20.8 Å². The molecule has 21 heavy (non-hydrogen) atoms. The fourth-order valence-electron chi connectivity index (χ4n) is 2.18. The highest BCUT2D eigenvalue weighted by Gasteiger charge is 2.28. The van der Waals surface area contributed by atoms with E-state index in [1.807, 2.05) is 7.05 Å². The number of nitrogens with two attached hydrogens (primary N) is 1. The minimum Gasteiger partial charge on any atom is -0.336 e. The summed E-state index contributed by atoms with van der Waals surface area (Å²) in [6.45, 7) is 2.30. The van der Waals surface area contributed by atoms with Crippen LogP contribution in [0.15, 0.2) is 12.1 Å². The van der Waals surface area contributed by atoms with Crippen molar-refractivity contribution in [3.63, 3.8) is 0 Å². The third kappa shape index (κ3) is 3.09. The van der Waals surface area contributed by atoms with Gasteiger partial charge in [-0.1, -0.05) is 0 Å². The quantitative estimate of drug-likeness (QED) is 0.475. The van der Waals surface area contributed by atoms with Crippen LogP contribution < -0.4 is 11.3 Å². The van der Waals surface area contributed by atoms with Crippen molar-refractivity contribution in [2.45, 2.75) is 0 Å². The Bertz CT molecular complexity index is 572. The Hall–Kier alpha value is -2.26. The molecular formula is C12H16FN5O3. The Morgan fingerprint density at radius 3 is 2.52 bits per heavy atom. The summed E-state index contributed by atoms with van der Waals surface area (Å²) in [6.07, 6.45) is 0. The molecular weight excluding hydrogens is 281 g/mol. The van der Waals surface area contributed by atoms with E-state index in [0.29, 0.717) is 32.2 Å². The van der Waals surface area contributed by atoms with Crippen LogP contribution in [0.2, 0.25) is 0 Å². The Balaban J connectivity index is 2.37. The molecule has 8 nitrogen and oxygen atoms in total. The van der Waals surface area contributed by atoms with E-state index < -0.39 is 22.3 Å². The summed E-state index contributed by atoms with van der Waals surface area (Å²) in [5.41, 5.74) is 1.21. The van der Waals surface area contributed by atoms with Crippen LogP contribution in [0.5, 0.6) is 0 Å². The number of amides is 1. The summed E-state index contributed by atoms with van der Waals surface area (Å²) in [4.78, 5) is 26.2. The summed E-state index contributed by atoms with van der Waals surface area (Å²) < 4.78 is 13.6. The molecule has 0 unspecified atom stereocenters. The number of benzene rings is 1. The van der Waals surface area contributed by atoms with E-state index in [1.165, 1.54) is 4.90 Å². The monoisotopic (exact) mass is 297 g/mol. The molecule has 1 saturated heterocycles. The van der Waals surface area contributed by atoms with Gasteiger partial charge in [0.25, 0.3) is 11.6 Å². The van der Waals surface area contributed by atoms with E-state index in [-0.39, 0.29) is 11.3 Å². The molecule has 1 aliphatic rings. The minimum atomic E-state index is -0.876. The lowest BCUT2D eigenvalue weighted by atomic mass is 10.1. The number of nitro groups is 1. The molecule has 0 saturated carbocycles. The second kappa shape index (κ2) is 6.02. The van der Waals surface area contributed by atoms with Gasteiger partial charge in [0.05, 0.1) is 16.7 Å². The van der Waals surface area contributed by atoms with E-state index in [4.69, 9.17) is 5.84 Å². The van der Waals surface area contributed by atoms with Crippen molar-refractivity contribution in [2.24, 2.45) is 5.84 Å². The van der Waals surface area contributed by atoms with E-state index in [9.17, 15) is 19.3 Å². The van der Waals surface area contributed by atoms with Gasteiger partial charge in [0.2, 0.25) is 0 Å². The first kappa shape index (κ1) is 15.1. The summed E-state index contributed by atoms with van der Waals surface area (Å²) in [5.74, 6) is 3.78. The number of hydrazine groups is 1. The van der Waals surface area contributed by atoms with Gasteiger partial charge in [-0.25, -0.2) is 4.39 Å². The molecule has 0 aromatic heterocycles. The van der Waals surface area contributed by atoms with Crippen LogP contribution in [0.3, 0.4) is 0 Å². The highest BCUT2D eigenvalue weighted by atomic mass is 19.1. The maximum atomic E-state index is 13.6. The van der Waals surface area contributed by atoms with Crippen molar-refractivity contribution in [1.82, 2.24) is 9.80 Å². The normalized spacial score (nSPS) is 15.9. The maximum Gasteiger partial charge on any atom is 0.285 e. The largest absolute Gasteiger partial charge is 0.336 e. The number of piperazine rings is 1. The fraction of sp³-hybridized carbons (Fsp3) is 0.417. The van der Waals surface area contributed by atoms with Crippen LogP contribution in [0.1, 0.15) is 10.4 Å². The first-order valence-electron chi connectivity index (χ1n) is 6.36. The number of nitrogens with one attached hydrogen (secondary N) is 1. The molecule has 1 aromatic rings. The number of carbonyl (C=O) groups is 1. The number of hydrogen-bond donors (Lipinski definition) is 2. The van der Waals surface area contributed by atoms with Crippen molar-refractivity contribution in [1.29, 1.82) is 0 Å². The van der Waals surface area contributed by atoms with Gasteiger partial charge in [-0.2, -0.15) is 0 Å². The third-order valence-corrected chi connectivity index (χ3v) is 3.46. The topological polar surface area (TPSA) is 105 Å². The van der Waals surface area contributed by atoms with Crippen LogP contribution in [-0.2, 0) is 0 Å². The lowest BCUT2D eigenvalue weighted by molar-refractivity contribution is -0.385. The van der Waals surface area contributed by atoms with Crippen LogP contribution in [0, 0.1) is 15.9 Å². The van der Waals surface area contributed by atoms with Gasteiger partial charge in [0.15, 0.2) is 5.82 Å². The lowest BCUT2D eigenvalue weighted by Crippen LogP contribution is -2.47. The second-order valence-corrected chi connectivity index (χ2v) is 4.85. The second-order valence-electron chi connectivity index (χ2n) is 4.85. The van der Waals surface area contributed by atoms with Gasteiger partial charge < -0.3 is 15.2 Å². The molecule has 0 atom stereocenters. The number of halogens is 1. The zero-order valence-electron chi connectivity index (χ0n) is 11.5. The summed E-state index contributed by atoms with van der Waals surface area (Å²) in [5, 5.41) is 11.0. The zero-order valence-corrected chi connectivity index (χ0v) is 11.5. The van der Waals surface area contributed by atoms with E-state index >= 15 is 0 Å². The van der Waals surface area contributed by atoms with Crippen molar-refractivity contribution < 1.29 is 14.1 Å². The van der Waals surface area contributed by atoms with Crippen LogP contribution in [0.25, 0.3) is 0 Å². The van der Waals surface area contributed by atoms with Gasteiger partial charge in [-0.05, 0) is 13.1 Å². The first-order chi connectivity index (χ1) is 9.93. The van der Waals surface area contributed by atoms with Crippen molar-refractivity contribution in [3.05, 3.63) is 33.6 Å². The molecule has 0 bridgehead atoms. The number of likely N-dealkylation sites (N-methyl/N-ethyl adjacent to an activating group) is 1. The average Bonchev–Trinajstić information content (AvgIpc) is 2.47. The SMILES string of the molecule is CN1CCN(C(=O)c2cc(NN)c(F)cc2[N+](=O)[O-])CC1. The standard InChI is InChI=1S/C12H16FN5O3/c1-16-2-4-17(5-3-16)12(19)8-6-10(15-14)9(13)7-11(8)18(20)21/h6-7,15H,2-5,14H2,1H3. The van der Waals surface area contributed by atoms with Crippen molar-refractivity contribution in [3.8, 4) is 0 Å². The average molecular weight is 297 g/mol. The summed E-state index contributed by atoms with van der Waals surface area (Å²) in [7, 11) is 1.93. The van der Waals surface area contributed by atoms with E-state index in [0.717, 1.165) is 6.07 Å². The molecule has 0 spiro atoms. The zero-order chi connectivity index (χ0) is 15.6. The number of rotatable bonds is 3. The molecule has 1 amide bonds. The molecule has 1 aliphatic heterocycles. The molecule has 3 N–H and O–H groups in total. The predicted octanol–water partition coefficient (Wildman–Crippen LogP) is 0.407. The molecule has 0 aliphatic carbocycles. The van der Waals surface area contributed by atoms with Crippen LogP contribution in [-0.4, -0.2) is 53.9 Å². The van der Waals surface area contributed by atoms with Gasteiger partial charge in [0, 0.05) is 26.2 Å². The number of nitro benzene ring substituents is 1. The number of nitrogen functional groups attached to an aromatic ring is 1. The molecule has 1 fully saturated rings. The molecule has 0 radical (unpaired) electrons. The number of carbonyl (C=O) groups excluding carboxylic acids is 1. The Kier molecular flexibility index (Phi) is 4.34. The highest BCUT2D eigenvalue weighted by molar-refractivity contribution is 5.99. The molecule has 114 valence electrons. The highest BCUT2D eigenvalue weighted by Crippen LogP contribution is 2.27. The van der Waals surface area contributed by atoms with Crippen molar-refractivity contribution >= 4 is 17.3 Å². The molecule has 9 heteroatoms. The number of nitrogens with zero attached hydrogens (tertiary/aromatic N) is 3. The number of hydrogen-bond acceptors (Lipinski definition) is 6.